The van der Waals surface area contributed by atoms with E-state index in [2.05, 4.69) is 13.8 Å². The lowest BCUT2D eigenvalue weighted by Crippen LogP contribution is -2.32. The zero-order valence-corrected chi connectivity index (χ0v) is 10.5. The van der Waals surface area contributed by atoms with E-state index in [0.717, 1.165) is 24.1 Å². The zero-order valence-electron chi connectivity index (χ0n) is 10.5. The quantitative estimate of drug-likeness (QED) is 0.843. The average Bonchev–Trinajstić information content (AvgIpc) is 2.68. The Balaban J connectivity index is 2.20. The maximum Gasteiger partial charge on any atom is 0.254 e. The highest BCUT2D eigenvalue weighted by atomic mass is 16.2. The molecule has 17 heavy (non-hydrogen) atoms. The molecule has 1 aromatic rings. The third-order valence-corrected chi connectivity index (χ3v) is 3.59. The minimum absolute atomic E-state index is 0.118. The van der Waals surface area contributed by atoms with Crippen LogP contribution in [0.4, 0.5) is 0 Å². The second-order valence-electron chi connectivity index (χ2n) is 4.86. The number of carbonyl (C=O) groups excluding carboxylic acids is 1. The van der Waals surface area contributed by atoms with Gasteiger partial charge < -0.3 is 10.6 Å². The predicted molar refractivity (Wildman–Crippen MR) is 68.9 cm³/mol. The molecular formula is C14H20N2O. The van der Waals surface area contributed by atoms with E-state index in [1.165, 1.54) is 0 Å². The largest absolute Gasteiger partial charge is 0.337 e. The first-order chi connectivity index (χ1) is 8.13. The summed E-state index contributed by atoms with van der Waals surface area (Å²) in [5.41, 5.74) is 7.91. The Morgan fingerprint density at radius 3 is 2.71 bits per heavy atom. The number of rotatable bonds is 2. The summed E-state index contributed by atoms with van der Waals surface area (Å²) in [7, 11) is 0. The van der Waals surface area contributed by atoms with Crippen LogP contribution in [-0.4, -0.2) is 29.9 Å². The zero-order chi connectivity index (χ0) is 12.4. The molecule has 2 rings (SSSR count). The van der Waals surface area contributed by atoms with Crippen molar-refractivity contribution in [2.75, 3.05) is 13.1 Å². The van der Waals surface area contributed by atoms with Gasteiger partial charge in [-0.25, -0.2) is 0 Å². The molecule has 1 aliphatic rings. The number of aryl methyl sites for hydroxylation is 1. The summed E-state index contributed by atoms with van der Waals surface area (Å²) in [5, 5.41) is 0. The van der Waals surface area contributed by atoms with Crippen LogP contribution in [0.3, 0.4) is 0 Å². The van der Waals surface area contributed by atoms with Gasteiger partial charge in [0.15, 0.2) is 0 Å². The summed E-state index contributed by atoms with van der Waals surface area (Å²) in [4.78, 5) is 14.3. The van der Waals surface area contributed by atoms with Crippen LogP contribution in [0.2, 0.25) is 0 Å². The highest BCUT2D eigenvalue weighted by Crippen LogP contribution is 2.19. The highest BCUT2D eigenvalue weighted by molar-refractivity contribution is 5.96. The molecule has 3 heteroatoms. The molecule has 1 amide bonds. The van der Waals surface area contributed by atoms with E-state index in [1.54, 1.807) is 0 Å². The van der Waals surface area contributed by atoms with Gasteiger partial charge in [-0.2, -0.15) is 0 Å². The van der Waals surface area contributed by atoms with Crippen LogP contribution in [0.25, 0.3) is 0 Å². The number of amides is 1. The normalized spacial score (nSPS) is 24.1. The Hall–Kier alpha value is -1.35. The molecule has 0 radical (unpaired) electrons. The van der Waals surface area contributed by atoms with Crippen molar-refractivity contribution in [3.63, 3.8) is 0 Å². The predicted octanol–water partition coefficient (Wildman–Crippen LogP) is 1.67. The first kappa shape index (κ1) is 12.1. The second-order valence-corrected chi connectivity index (χ2v) is 4.86. The lowest BCUT2D eigenvalue weighted by molar-refractivity contribution is 0.0786. The van der Waals surface area contributed by atoms with Crippen molar-refractivity contribution in [1.82, 2.24) is 4.90 Å². The molecule has 2 N–H and O–H groups in total. The molecule has 0 bridgehead atoms. The Morgan fingerprint density at radius 2 is 2.12 bits per heavy atom. The van der Waals surface area contributed by atoms with Crippen LogP contribution < -0.4 is 5.73 Å². The lowest BCUT2D eigenvalue weighted by Gasteiger charge is -2.17. The summed E-state index contributed by atoms with van der Waals surface area (Å²) >= 11 is 0. The topological polar surface area (TPSA) is 46.3 Å². The summed E-state index contributed by atoms with van der Waals surface area (Å²) in [5.74, 6) is 0.523. The van der Waals surface area contributed by atoms with Gasteiger partial charge in [0.05, 0.1) is 0 Å². The van der Waals surface area contributed by atoms with Gasteiger partial charge in [-0.15, -0.1) is 0 Å². The van der Waals surface area contributed by atoms with Gasteiger partial charge in [0.25, 0.3) is 5.91 Å². The van der Waals surface area contributed by atoms with Crippen molar-refractivity contribution in [1.29, 1.82) is 0 Å². The molecule has 1 fully saturated rings. The molecule has 2 atom stereocenters. The van der Waals surface area contributed by atoms with Crippen LogP contribution in [-0.2, 0) is 6.42 Å². The minimum atomic E-state index is 0.118. The summed E-state index contributed by atoms with van der Waals surface area (Å²) < 4.78 is 0. The van der Waals surface area contributed by atoms with E-state index in [0.29, 0.717) is 12.5 Å². The van der Waals surface area contributed by atoms with Crippen molar-refractivity contribution in [3.05, 3.63) is 35.4 Å². The van der Waals surface area contributed by atoms with Gasteiger partial charge in [-0.3, -0.25) is 4.79 Å². The van der Waals surface area contributed by atoms with Crippen molar-refractivity contribution in [2.24, 2.45) is 11.7 Å². The average molecular weight is 232 g/mol. The molecule has 3 nitrogen and oxygen atoms in total. The third kappa shape index (κ3) is 2.34. The first-order valence-corrected chi connectivity index (χ1v) is 6.26. The Bertz CT molecular complexity index is 406. The molecule has 1 saturated heterocycles. The van der Waals surface area contributed by atoms with Crippen molar-refractivity contribution in [2.45, 2.75) is 26.3 Å². The fourth-order valence-electron chi connectivity index (χ4n) is 2.37. The smallest absolute Gasteiger partial charge is 0.254 e. The summed E-state index contributed by atoms with van der Waals surface area (Å²) in [6.07, 6.45) is 0.886. The molecule has 0 aliphatic carbocycles. The molecule has 0 aromatic heterocycles. The van der Waals surface area contributed by atoms with Crippen LogP contribution >= 0.6 is 0 Å². The van der Waals surface area contributed by atoms with E-state index in [9.17, 15) is 4.79 Å². The van der Waals surface area contributed by atoms with Crippen LogP contribution in [0.1, 0.15) is 29.8 Å². The molecule has 0 spiro atoms. The van der Waals surface area contributed by atoms with Crippen molar-refractivity contribution >= 4 is 5.91 Å². The number of benzene rings is 1. The summed E-state index contributed by atoms with van der Waals surface area (Å²) in [6, 6.07) is 7.95. The monoisotopic (exact) mass is 232 g/mol. The standard InChI is InChI=1S/C14H20N2O/c1-3-11-6-4-5-7-12(11)14(17)16-8-10(2)13(15)9-16/h4-7,10,13H,3,8-9,15H2,1-2H3. The third-order valence-electron chi connectivity index (χ3n) is 3.59. The first-order valence-electron chi connectivity index (χ1n) is 6.26. The fourth-order valence-corrected chi connectivity index (χ4v) is 2.37. The van der Waals surface area contributed by atoms with E-state index >= 15 is 0 Å². The van der Waals surface area contributed by atoms with Gasteiger partial charge in [0.2, 0.25) is 0 Å². The number of nitrogens with zero attached hydrogens (tertiary/aromatic N) is 1. The van der Waals surface area contributed by atoms with E-state index in [4.69, 9.17) is 5.73 Å². The van der Waals surface area contributed by atoms with E-state index in [-0.39, 0.29) is 11.9 Å². The van der Waals surface area contributed by atoms with Gasteiger partial charge >= 0.3 is 0 Å². The second kappa shape index (κ2) is 4.88. The van der Waals surface area contributed by atoms with E-state index < -0.39 is 0 Å². The summed E-state index contributed by atoms with van der Waals surface area (Å²) in [6.45, 7) is 5.63. The number of nitrogens with two attached hydrogens (primary N) is 1. The number of carbonyl (C=O) groups is 1. The SMILES string of the molecule is CCc1ccccc1C(=O)N1CC(C)C(N)C1. The Kier molecular flexibility index (Phi) is 3.48. The molecule has 2 unspecified atom stereocenters. The molecule has 92 valence electrons. The van der Waals surface area contributed by atoms with Gasteiger partial charge in [0.1, 0.15) is 0 Å². The molecule has 1 heterocycles. The fraction of sp³-hybridized carbons (Fsp3) is 0.500. The molecule has 0 saturated carbocycles. The van der Waals surface area contributed by atoms with Crippen molar-refractivity contribution < 1.29 is 4.79 Å². The van der Waals surface area contributed by atoms with Gasteiger partial charge in [0, 0.05) is 24.7 Å². The van der Waals surface area contributed by atoms with Crippen LogP contribution in [0, 0.1) is 5.92 Å². The van der Waals surface area contributed by atoms with E-state index in [1.807, 2.05) is 29.2 Å². The van der Waals surface area contributed by atoms with Gasteiger partial charge in [-0.05, 0) is 24.0 Å². The minimum Gasteiger partial charge on any atom is -0.337 e. The molecule has 1 aromatic carbocycles. The molecule has 1 aliphatic heterocycles. The van der Waals surface area contributed by atoms with Crippen LogP contribution in [0.15, 0.2) is 24.3 Å². The number of likely N-dealkylation sites (tertiary alicyclic amines) is 1. The maximum atomic E-state index is 12.4. The maximum absolute atomic E-state index is 12.4. The lowest BCUT2D eigenvalue weighted by atomic mass is 10.0. The van der Waals surface area contributed by atoms with Crippen LogP contribution in [0.5, 0.6) is 0 Å². The number of hydrogen-bond donors (Lipinski definition) is 1. The van der Waals surface area contributed by atoms with Crippen molar-refractivity contribution in [3.8, 4) is 0 Å². The highest BCUT2D eigenvalue weighted by Gasteiger charge is 2.30. The Morgan fingerprint density at radius 1 is 1.41 bits per heavy atom. The number of hydrogen-bond acceptors (Lipinski definition) is 2. The molecular weight excluding hydrogens is 212 g/mol. The van der Waals surface area contributed by atoms with Gasteiger partial charge in [-0.1, -0.05) is 32.0 Å². The Labute approximate surface area is 103 Å².